The highest BCUT2D eigenvalue weighted by Crippen LogP contribution is 1.94. The molecule has 0 aliphatic rings. The molecule has 0 heterocycles. The molecule has 0 aromatic rings. The van der Waals surface area contributed by atoms with E-state index in [1.165, 1.54) is 0 Å². The molecule has 17 heavy (non-hydrogen) atoms. The Morgan fingerprint density at radius 2 is 1.88 bits per heavy atom. The van der Waals surface area contributed by atoms with E-state index in [0.717, 1.165) is 0 Å². The minimum absolute atomic E-state index is 0. The number of aliphatic imine (C=N–C) groups is 1. The summed E-state index contributed by atoms with van der Waals surface area (Å²) in [6.07, 6.45) is 0.956. The maximum Gasteiger partial charge on any atom is 0.320 e. The molecule has 0 saturated heterocycles. The number of nitrogens with two attached hydrogens (primary N) is 3. The summed E-state index contributed by atoms with van der Waals surface area (Å²) >= 11 is 0. The van der Waals surface area contributed by atoms with Crippen molar-refractivity contribution >= 4 is 11.9 Å². The molecule has 0 aromatic heterocycles. The van der Waals surface area contributed by atoms with Gasteiger partial charge in [-0.05, 0) is 12.8 Å². The number of carboxylic acids is 1. The number of guanidine groups is 1. The van der Waals surface area contributed by atoms with Crippen LogP contribution in [0.25, 0.3) is 0 Å². The first kappa shape index (κ1) is 20.3. The van der Waals surface area contributed by atoms with Crippen molar-refractivity contribution in [1.29, 1.82) is 0 Å². The zero-order chi connectivity index (χ0) is 13.1. The van der Waals surface area contributed by atoms with E-state index >= 15 is 0 Å². The van der Waals surface area contributed by atoms with Gasteiger partial charge in [0.2, 0.25) is 0 Å². The second kappa shape index (κ2) is 11.9. The lowest BCUT2D eigenvalue weighted by Crippen LogP contribution is -2.30. The molecule has 0 aliphatic carbocycles. The van der Waals surface area contributed by atoms with Crippen LogP contribution in [-0.2, 0) is 4.79 Å². The van der Waals surface area contributed by atoms with Crippen molar-refractivity contribution in [3.8, 4) is 0 Å². The Balaban J connectivity index is -0.000000340. The van der Waals surface area contributed by atoms with Crippen molar-refractivity contribution in [3.63, 3.8) is 0 Å². The zero-order valence-electron chi connectivity index (χ0n) is 9.15. The third-order valence-corrected chi connectivity index (χ3v) is 1.28. The lowest BCUT2D eigenvalue weighted by Gasteiger charge is -2.03. The summed E-state index contributed by atoms with van der Waals surface area (Å²) in [5.41, 5.74) is 15.3. The van der Waals surface area contributed by atoms with Crippen LogP contribution < -0.4 is 23.4 Å². The number of aliphatic carboxylic acids is 1. The summed E-state index contributed by atoms with van der Waals surface area (Å²) < 4.78 is 0. The highest BCUT2D eigenvalue weighted by molar-refractivity contribution is 5.75. The van der Waals surface area contributed by atoms with Crippen LogP contribution in [0.15, 0.2) is 4.99 Å². The highest BCUT2D eigenvalue weighted by atomic mass is 16.9. The van der Waals surface area contributed by atoms with Gasteiger partial charge in [0.1, 0.15) is 6.04 Å². The fraction of sp³-hybridized carbons (Fsp3) is 0.667. The Labute approximate surface area is 97.0 Å². The van der Waals surface area contributed by atoms with Crippen molar-refractivity contribution in [2.45, 2.75) is 18.9 Å². The minimum atomic E-state index is -1.50. The molecule has 0 aliphatic heterocycles. The van der Waals surface area contributed by atoms with Gasteiger partial charge < -0.3 is 33.7 Å². The summed E-state index contributed by atoms with van der Waals surface area (Å²) in [5.74, 6) is -0.987. The van der Waals surface area contributed by atoms with Crippen LogP contribution >= 0.6 is 0 Å². The lowest BCUT2D eigenvalue weighted by molar-refractivity contribution is -0.742. The first-order valence-corrected chi connectivity index (χ1v) is 4.14. The number of rotatable bonds is 5. The zero-order valence-corrected chi connectivity index (χ0v) is 9.15. The number of carbonyl (C=O) groups is 1. The molecule has 0 saturated carbocycles. The first-order chi connectivity index (χ1) is 7.27. The Hall–Kier alpha value is -2.14. The molecule has 1 atom stereocenters. The number of carboxylic acid groups (broad SMARTS) is 1. The molecule has 0 fully saturated rings. The molecule has 0 amide bonds. The molecule has 0 aromatic carbocycles. The highest BCUT2D eigenvalue weighted by Gasteiger charge is 2.09. The molecule has 11 heteroatoms. The van der Waals surface area contributed by atoms with Gasteiger partial charge in [0.05, 0.1) is 0 Å². The van der Waals surface area contributed by atoms with Gasteiger partial charge >= 0.3 is 5.97 Å². The standard InChI is InChI=1S/C6H14N4O2.HNO3.H3N/c7-4(5(11)12)2-1-3-10-6(8)9;2-1(3)4;/h4H,1-3,7H2,(H,11,12)(H4,8,9,10);(H,2,3,4);1H3/t4-;;/m0../s1. The average molecular weight is 254 g/mol. The smallest absolute Gasteiger partial charge is 0.320 e. The van der Waals surface area contributed by atoms with Crippen LogP contribution in [-0.4, -0.2) is 39.9 Å². The van der Waals surface area contributed by atoms with Crippen molar-refractivity contribution in [1.82, 2.24) is 6.15 Å². The molecular weight excluding hydrogens is 236 g/mol. The van der Waals surface area contributed by atoms with Crippen LogP contribution in [0.3, 0.4) is 0 Å². The lowest BCUT2D eigenvalue weighted by atomic mass is 10.2. The Kier molecular flexibility index (Phi) is 14.2. The van der Waals surface area contributed by atoms with Crippen LogP contribution in [0.4, 0.5) is 0 Å². The molecule has 0 rings (SSSR count). The van der Waals surface area contributed by atoms with E-state index in [1.807, 2.05) is 0 Å². The number of nitrogens with zero attached hydrogens (tertiary/aromatic N) is 2. The van der Waals surface area contributed by atoms with Gasteiger partial charge in [-0.15, -0.1) is 10.1 Å². The van der Waals surface area contributed by atoms with Gasteiger partial charge in [0, 0.05) is 6.54 Å². The molecule has 0 spiro atoms. The SMILES string of the molecule is N.NC(N)=NCCC[C@H](N)C(=O)O.O=[N+]([O-])O. The van der Waals surface area contributed by atoms with E-state index in [2.05, 4.69) is 4.99 Å². The van der Waals surface area contributed by atoms with Crippen molar-refractivity contribution < 1.29 is 20.2 Å². The maximum absolute atomic E-state index is 10.2. The van der Waals surface area contributed by atoms with E-state index < -0.39 is 17.1 Å². The van der Waals surface area contributed by atoms with E-state index in [1.54, 1.807) is 0 Å². The molecular formula is C6H18N6O5. The maximum atomic E-state index is 10.2. The summed E-state index contributed by atoms with van der Waals surface area (Å²) in [4.78, 5) is 22.3. The Morgan fingerprint density at radius 3 is 2.18 bits per heavy atom. The van der Waals surface area contributed by atoms with Crippen molar-refractivity contribution in [2.75, 3.05) is 6.54 Å². The van der Waals surface area contributed by atoms with Gasteiger partial charge in [-0.2, -0.15) is 0 Å². The van der Waals surface area contributed by atoms with Crippen LogP contribution in [0.1, 0.15) is 12.8 Å². The van der Waals surface area contributed by atoms with Gasteiger partial charge in [-0.3, -0.25) is 9.79 Å². The van der Waals surface area contributed by atoms with Gasteiger partial charge in [-0.25, -0.2) is 0 Å². The molecule has 102 valence electrons. The fourth-order valence-corrected chi connectivity index (χ4v) is 0.643. The van der Waals surface area contributed by atoms with Crippen LogP contribution in [0.2, 0.25) is 0 Å². The average Bonchev–Trinajstić information content (AvgIpc) is 2.10. The quantitative estimate of drug-likeness (QED) is 0.107. The van der Waals surface area contributed by atoms with E-state index in [4.69, 9.17) is 37.6 Å². The molecule has 11 nitrogen and oxygen atoms in total. The fourth-order valence-electron chi connectivity index (χ4n) is 0.643. The van der Waals surface area contributed by atoms with Gasteiger partial charge in [-0.1, -0.05) is 0 Å². The largest absolute Gasteiger partial charge is 0.480 e. The minimum Gasteiger partial charge on any atom is -0.480 e. The van der Waals surface area contributed by atoms with E-state index in [-0.39, 0.29) is 12.1 Å². The van der Waals surface area contributed by atoms with Crippen LogP contribution in [0.5, 0.6) is 0 Å². The molecule has 0 bridgehead atoms. The second-order valence-electron chi connectivity index (χ2n) is 2.63. The third kappa shape index (κ3) is 24.8. The summed E-state index contributed by atoms with van der Waals surface area (Å²) in [6, 6.07) is -0.820. The Morgan fingerprint density at radius 1 is 1.47 bits per heavy atom. The predicted octanol–water partition coefficient (Wildman–Crippen LogP) is -1.73. The van der Waals surface area contributed by atoms with E-state index in [0.29, 0.717) is 19.4 Å². The predicted molar refractivity (Wildman–Crippen MR) is 59.3 cm³/mol. The van der Waals surface area contributed by atoms with Gasteiger partial charge in [0.25, 0.3) is 5.09 Å². The number of hydrogen-bond acceptors (Lipinski definition) is 6. The topological polar surface area (TPSA) is 226 Å². The molecule has 0 radical (unpaired) electrons. The second-order valence-corrected chi connectivity index (χ2v) is 2.63. The van der Waals surface area contributed by atoms with Crippen molar-refractivity contribution in [2.24, 2.45) is 22.2 Å². The summed E-state index contributed by atoms with van der Waals surface area (Å²) in [6.45, 7) is 0.420. The normalized spacial score (nSPS) is 9.94. The van der Waals surface area contributed by atoms with Gasteiger partial charge in [0.15, 0.2) is 5.96 Å². The summed E-state index contributed by atoms with van der Waals surface area (Å²) in [5, 5.41) is 22.0. The van der Waals surface area contributed by atoms with Crippen LogP contribution in [0, 0.1) is 10.1 Å². The Bertz CT molecular complexity index is 249. The molecule has 11 N–H and O–H groups in total. The van der Waals surface area contributed by atoms with Crippen molar-refractivity contribution in [3.05, 3.63) is 10.1 Å². The molecule has 0 unspecified atom stereocenters. The first-order valence-electron chi connectivity index (χ1n) is 4.14. The third-order valence-electron chi connectivity index (χ3n) is 1.28. The monoisotopic (exact) mass is 254 g/mol. The summed E-state index contributed by atoms with van der Waals surface area (Å²) in [7, 11) is 0. The number of hydrogen-bond donors (Lipinski definition) is 6. The van der Waals surface area contributed by atoms with E-state index in [9.17, 15) is 4.79 Å².